The molecule has 1 aromatic heterocycles. The van der Waals surface area contributed by atoms with Gasteiger partial charge in [0.1, 0.15) is 5.75 Å². The third kappa shape index (κ3) is 4.44. The summed E-state index contributed by atoms with van der Waals surface area (Å²) >= 11 is 0. The van der Waals surface area contributed by atoms with Crippen LogP contribution in [-0.2, 0) is 6.61 Å². The van der Waals surface area contributed by atoms with Crippen molar-refractivity contribution in [3.8, 4) is 5.75 Å². The summed E-state index contributed by atoms with van der Waals surface area (Å²) in [7, 11) is 0. The van der Waals surface area contributed by atoms with Crippen LogP contribution in [0, 0.1) is 0 Å². The first-order valence-electron chi connectivity index (χ1n) is 10.9. The number of hydrogen-bond acceptors (Lipinski definition) is 5. The van der Waals surface area contributed by atoms with Crippen LogP contribution in [0.1, 0.15) is 55.1 Å². The molecule has 0 radical (unpaired) electrons. The van der Waals surface area contributed by atoms with Crippen molar-refractivity contribution in [1.82, 2.24) is 25.9 Å². The van der Waals surface area contributed by atoms with Gasteiger partial charge in [0.05, 0.1) is 0 Å². The lowest BCUT2D eigenvalue weighted by Gasteiger charge is -2.21. The Morgan fingerprint density at radius 2 is 1.87 bits per heavy atom. The van der Waals surface area contributed by atoms with Crippen molar-refractivity contribution in [2.75, 3.05) is 0 Å². The van der Waals surface area contributed by atoms with E-state index in [4.69, 9.17) is 4.74 Å². The van der Waals surface area contributed by atoms with Crippen LogP contribution in [-0.4, -0.2) is 26.7 Å². The number of nitrogens with one attached hydrogen (secondary N) is 2. The Bertz CT molecular complexity index is 1120. The summed E-state index contributed by atoms with van der Waals surface area (Å²) in [6.45, 7) is 2.60. The Kier molecular flexibility index (Phi) is 5.63. The van der Waals surface area contributed by atoms with Gasteiger partial charge in [-0.15, -0.1) is 10.2 Å². The van der Waals surface area contributed by atoms with Crippen molar-refractivity contribution < 1.29 is 4.74 Å². The van der Waals surface area contributed by atoms with Gasteiger partial charge in [-0.25, -0.2) is 0 Å². The van der Waals surface area contributed by atoms with Crippen LogP contribution >= 0.6 is 0 Å². The Morgan fingerprint density at radius 3 is 2.71 bits per heavy atom. The number of aromatic nitrogens is 4. The van der Waals surface area contributed by atoms with Crippen molar-refractivity contribution >= 4 is 10.8 Å². The van der Waals surface area contributed by atoms with E-state index in [-0.39, 0.29) is 0 Å². The maximum absolute atomic E-state index is 5.73. The third-order valence-corrected chi connectivity index (χ3v) is 6.32. The lowest BCUT2D eigenvalue weighted by Crippen LogP contribution is -2.29. The van der Waals surface area contributed by atoms with Crippen molar-refractivity contribution in [2.24, 2.45) is 0 Å². The van der Waals surface area contributed by atoms with Gasteiger partial charge in [-0.2, -0.15) is 5.21 Å². The van der Waals surface area contributed by atoms with E-state index < -0.39 is 0 Å². The Labute approximate surface area is 182 Å². The minimum Gasteiger partial charge on any atom is -0.485 e. The molecular weight excluding hydrogens is 386 g/mol. The first-order valence-corrected chi connectivity index (χ1v) is 10.9. The molecule has 3 atom stereocenters. The van der Waals surface area contributed by atoms with Crippen molar-refractivity contribution in [3.05, 3.63) is 83.7 Å². The van der Waals surface area contributed by atoms with Crippen molar-refractivity contribution in [1.29, 1.82) is 0 Å². The molecule has 0 amide bonds. The highest BCUT2D eigenvalue weighted by molar-refractivity contribution is 5.86. The Morgan fingerprint density at radius 1 is 1.03 bits per heavy atom. The van der Waals surface area contributed by atoms with Crippen LogP contribution in [0.2, 0.25) is 0 Å². The van der Waals surface area contributed by atoms with Gasteiger partial charge in [0.2, 0.25) is 5.82 Å². The van der Waals surface area contributed by atoms with Crippen molar-refractivity contribution in [3.63, 3.8) is 0 Å². The number of tetrazole rings is 1. The van der Waals surface area contributed by atoms with Crippen molar-refractivity contribution in [2.45, 2.75) is 50.8 Å². The fourth-order valence-electron chi connectivity index (χ4n) is 4.73. The standard InChI is InChI=1S/C25H27N5O/c1-17(23-8-4-6-19-5-2-3-7-24(19)23)26-21-12-9-20(15-21)18-10-13-22(14-11-18)31-16-25-27-29-30-28-25/h2-8,10-11,13-14,17,20-21,26H,9,12,15-16H2,1H3,(H,27,28,29,30)/t17-,20-,21+/m1/s1. The van der Waals surface area contributed by atoms with Crippen LogP contribution in [0.25, 0.3) is 10.8 Å². The van der Waals surface area contributed by atoms with Gasteiger partial charge < -0.3 is 10.1 Å². The molecular formula is C25H27N5O. The largest absolute Gasteiger partial charge is 0.485 e. The predicted octanol–water partition coefficient (Wildman–Crippen LogP) is 4.92. The topological polar surface area (TPSA) is 75.7 Å². The molecule has 0 saturated heterocycles. The lowest BCUT2D eigenvalue weighted by atomic mass is 9.96. The molecule has 1 aliphatic rings. The monoisotopic (exact) mass is 413 g/mol. The first kappa shape index (κ1) is 19.7. The van der Waals surface area contributed by atoms with Gasteiger partial charge in [0, 0.05) is 12.1 Å². The van der Waals surface area contributed by atoms with E-state index in [1.165, 1.54) is 34.7 Å². The molecule has 0 bridgehead atoms. The highest BCUT2D eigenvalue weighted by Crippen LogP contribution is 2.36. The van der Waals surface area contributed by atoms with Crippen LogP contribution in [0.5, 0.6) is 5.75 Å². The summed E-state index contributed by atoms with van der Waals surface area (Å²) in [6, 6.07) is 24.6. The minimum atomic E-state index is 0.317. The first-order chi connectivity index (χ1) is 15.3. The molecule has 2 N–H and O–H groups in total. The molecule has 1 aliphatic carbocycles. The zero-order chi connectivity index (χ0) is 21.0. The second kappa shape index (κ2) is 8.86. The van der Waals surface area contributed by atoms with E-state index in [9.17, 15) is 0 Å². The number of H-pyrrole nitrogens is 1. The zero-order valence-electron chi connectivity index (χ0n) is 17.7. The molecule has 4 aromatic rings. The number of rotatable bonds is 7. The Hall–Kier alpha value is -3.25. The molecule has 0 spiro atoms. The van der Waals surface area contributed by atoms with Gasteiger partial charge >= 0.3 is 0 Å². The van der Waals surface area contributed by atoms with E-state index in [2.05, 4.69) is 87.5 Å². The number of benzene rings is 3. The minimum absolute atomic E-state index is 0.317. The predicted molar refractivity (Wildman–Crippen MR) is 121 cm³/mol. The number of hydrogen-bond donors (Lipinski definition) is 2. The van der Waals surface area contributed by atoms with E-state index in [0.29, 0.717) is 30.4 Å². The van der Waals surface area contributed by atoms with E-state index >= 15 is 0 Å². The summed E-state index contributed by atoms with van der Waals surface area (Å²) in [5.41, 5.74) is 2.76. The highest BCUT2D eigenvalue weighted by Gasteiger charge is 2.27. The quantitative estimate of drug-likeness (QED) is 0.450. The fraction of sp³-hybridized carbons (Fsp3) is 0.320. The number of ether oxygens (including phenoxy) is 1. The fourth-order valence-corrected chi connectivity index (χ4v) is 4.73. The van der Waals surface area contributed by atoms with Crippen LogP contribution < -0.4 is 10.1 Å². The summed E-state index contributed by atoms with van der Waals surface area (Å²) < 4.78 is 5.73. The molecule has 0 unspecified atom stereocenters. The SMILES string of the molecule is C[C@@H](N[C@H]1CC[C@@H](c2ccc(OCc3nn[nH]n3)cc2)C1)c1cccc2ccccc12. The molecule has 1 fully saturated rings. The number of nitrogens with zero attached hydrogens (tertiary/aromatic N) is 3. The number of aromatic amines is 1. The Balaban J connectivity index is 1.19. The van der Waals surface area contributed by atoms with Gasteiger partial charge in [-0.3, -0.25) is 0 Å². The molecule has 6 nitrogen and oxygen atoms in total. The molecule has 1 heterocycles. The molecule has 1 saturated carbocycles. The maximum Gasteiger partial charge on any atom is 0.211 e. The maximum atomic E-state index is 5.73. The second-order valence-corrected chi connectivity index (χ2v) is 8.35. The molecule has 5 rings (SSSR count). The molecule has 158 valence electrons. The smallest absolute Gasteiger partial charge is 0.211 e. The van der Waals surface area contributed by atoms with E-state index in [1.807, 2.05) is 12.1 Å². The normalized spacial score (nSPS) is 19.5. The molecule has 0 aliphatic heterocycles. The van der Waals surface area contributed by atoms with E-state index in [1.54, 1.807) is 0 Å². The van der Waals surface area contributed by atoms with Gasteiger partial charge in [-0.1, -0.05) is 59.8 Å². The average Bonchev–Trinajstić information content (AvgIpc) is 3.50. The van der Waals surface area contributed by atoms with Gasteiger partial charge in [0.25, 0.3) is 0 Å². The van der Waals surface area contributed by atoms with Crippen LogP contribution in [0.15, 0.2) is 66.7 Å². The summed E-state index contributed by atoms with van der Waals surface area (Å²) in [6.07, 6.45) is 3.58. The molecule has 6 heteroatoms. The van der Waals surface area contributed by atoms with E-state index in [0.717, 1.165) is 12.2 Å². The highest BCUT2D eigenvalue weighted by atomic mass is 16.5. The number of fused-ring (bicyclic) bond motifs is 1. The lowest BCUT2D eigenvalue weighted by molar-refractivity contribution is 0.296. The van der Waals surface area contributed by atoms with Gasteiger partial charge in [-0.05, 0) is 66.1 Å². The average molecular weight is 414 g/mol. The van der Waals surface area contributed by atoms with Crippen LogP contribution in [0.4, 0.5) is 0 Å². The molecule has 31 heavy (non-hydrogen) atoms. The van der Waals surface area contributed by atoms with Crippen LogP contribution in [0.3, 0.4) is 0 Å². The second-order valence-electron chi connectivity index (χ2n) is 8.35. The summed E-state index contributed by atoms with van der Waals surface area (Å²) in [5.74, 6) is 1.96. The third-order valence-electron chi connectivity index (χ3n) is 6.32. The zero-order valence-corrected chi connectivity index (χ0v) is 17.7. The van der Waals surface area contributed by atoms with Gasteiger partial charge in [0.15, 0.2) is 6.61 Å². The molecule has 3 aromatic carbocycles. The summed E-state index contributed by atoms with van der Waals surface area (Å²) in [4.78, 5) is 0. The summed E-state index contributed by atoms with van der Waals surface area (Å²) in [5, 5.41) is 20.3.